The van der Waals surface area contributed by atoms with Crippen LogP contribution in [0.15, 0.2) is 22.0 Å². The molecule has 6 heteroatoms. The average molecular weight is 276 g/mol. The summed E-state index contributed by atoms with van der Waals surface area (Å²) in [5.74, 6) is -0.544. The van der Waals surface area contributed by atoms with Crippen LogP contribution in [-0.4, -0.2) is 4.92 Å². The molecule has 2 aromatic rings. The molecular formula is C8H3BrFNO2S. The fourth-order valence-corrected chi connectivity index (χ4v) is 2.67. The van der Waals surface area contributed by atoms with Crippen molar-refractivity contribution in [2.75, 3.05) is 0 Å². The Balaban J connectivity index is 2.92. The topological polar surface area (TPSA) is 43.1 Å². The first-order valence-corrected chi connectivity index (χ1v) is 5.28. The molecule has 1 aromatic heterocycles. The summed E-state index contributed by atoms with van der Waals surface area (Å²) < 4.78 is 14.5. The minimum absolute atomic E-state index is 0.0781. The molecule has 72 valence electrons. The number of thiophene rings is 1. The van der Waals surface area contributed by atoms with Crippen LogP contribution < -0.4 is 0 Å². The molecule has 0 atom stereocenters. The standard InChI is InChI=1S/C8H3BrFNO2S/c9-4-1-2-6(11(12)13)7-5(10)3-14-8(4)7/h1-3H. The van der Waals surface area contributed by atoms with E-state index >= 15 is 0 Å². The van der Waals surface area contributed by atoms with Crippen LogP contribution in [0.4, 0.5) is 10.1 Å². The smallest absolute Gasteiger partial charge is 0.258 e. The zero-order chi connectivity index (χ0) is 10.3. The molecule has 14 heavy (non-hydrogen) atoms. The second kappa shape index (κ2) is 3.29. The lowest BCUT2D eigenvalue weighted by atomic mass is 10.2. The Morgan fingerprint density at radius 3 is 2.86 bits per heavy atom. The largest absolute Gasteiger partial charge is 0.281 e. The second-order valence-corrected chi connectivity index (χ2v) is 4.35. The van der Waals surface area contributed by atoms with Gasteiger partial charge in [-0.25, -0.2) is 4.39 Å². The lowest BCUT2D eigenvalue weighted by molar-refractivity contribution is -0.383. The van der Waals surface area contributed by atoms with Gasteiger partial charge in [-0.2, -0.15) is 0 Å². The van der Waals surface area contributed by atoms with E-state index in [2.05, 4.69) is 15.9 Å². The molecule has 0 saturated heterocycles. The molecule has 0 spiro atoms. The molecule has 1 aromatic carbocycles. The van der Waals surface area contributed by atoms with Crippen molar-refractivity contribution in [1.82, 2.24) is 0 Å². The van der Waals surface area contributed by atoms with Crippen molar-refractivity contribution in [2.24, 2.45) is 0 Å². The van der Waals surface area contributed by atoms with Gasteiger partial charge in [0, 0.05) is 15.9 Å². The Kier molecular flexibility index (Phi) is 2.24. The molecule has 0 fully saturated rings. The summed E-state index contributed by atoms with van der Waals surface area (Å²) in [4.78, 5) is 10.0. The number of rotatable bonds is 1. The van der Waals surface area contributed by atoms with Crippen LogP contribution in [0.25, 0.3) is 10.1 Å². The zero-order valence-corrected chi connectivity index (χ0v) is 9.06. The van der Waals surface area contributed by atoms with Crippen LogP contribution in [0, 0.1) is 15.9 Å². The molecule has 3 nitrogen and oxygen atoms in total. The lowest BCUT2D eigenvalue weighted by Gasteiger charge is -1.95. The van der Waals surface area contributed by atoms with Crippen molar-refractivity contribution in [2.45, 2.75) is 0 Å². The SMILES string of the molecule is O=[N+]([O-])c1ccc(Br)c2scc(F)c12. The van der Waals surface area contributed by atoms with Gasteiger partial charge in [-0.05, 0) is 22.0 Å². The number of benzene rings is 1. The third-order valence-corrected chi connectivity index (χ3v) is 3.71. The first-order chi connectivity index (χ1) is 6.61. The monoisotopic (exact) mass is 275 g/mol. The van der Waals surface area contributed by atoms with Gasteiger partial charge in [0.05, 0.1) is 9.62 Å². The Labute approximate surface area is 90.4 Å². The Morgan fingerprint density at radius 2 is 2.21 bits per heavy atom. The summed E-state index contributed by atoms with van der Waals surface area (Å²) >= 11 is 4.36. The fraction of sp³-hybridized carbons (Fsp3) is 0. The Hall–Kier alpha value is -1.01. The highest BCUT2D eigenvalue weighted by Gasteiger charge is 2.18. The van der Waals surface area contributed by atoms with E-state index in [9.17, 15) is 14.5 Å². The minimum Gasteiger partial charge on any atom is -0.258 e. The second-order valence-electron chi connectivity index (χ2n) is 2.61. The van der Waals surface area contributed by atoms with Crippen molar-refractivity contribution < 1.29 is 9.31 Å². The molecule has 1 heterocycles. The predicted molar refractivity (Wildman–Crippen MR) is 56.1 cm³/mol. The van der Waals surface area contributed by atoms with E-state index in [1.807, 2.05) is 0 Å². The summed E-state index contributed by atoms with van der Waals surface area (Å²) in [5.41, 5.74) is -0.193. The Bertz CT molecular complexity index is 525. The average Bonchev–Trinajstić information content (AvgIpc) is 2.50. The maximum Gasteiger partial charge on any atom is 0.281 e. The van der Waals surface area contributed by atoms with Crippen molar-refractivity contribution >= 4 is 43.0 Å². The molecule has 0 unspecified atom stereocenters. The van der Waals surface area contributed by atoms with Crippen LogP contribution in [0.2, 0.25) is 0 Å². The number of nitrogens with zero attached hydrogens (tertiary/aromatic N) is 1. The van der Waals surface area contributed by atoms with Gasteiger partial charge >= 0.3 is 0 Å². The molecular weight excluding hydrogens is 273 g/mol. The number of halogens is 2. The van der Waals surface area contributed by atoms with Crippen LogP contribution in [0.3, 0.4) is 0 Å². The number of hydrogen-bond donors (Lipinski definition) is 0. The maximum atomic E-state index is 13.2. The zero-order valence-electron chi connectivity index (χ0n) is 6.66. The number of fused-ring (bicyclic) bond motifs is 1. The molecule has 0 aliphatic rings. The van der Waals surface area contributed by atoms with E-state index in [4.69, 9.17) is 0 Å². The van der Waals surface area contributed by atoms with Gasteiger partial charge in [-0.3, -0.25) is 10.1 Å². The van der Waals surface area contributed by atoms with E-state index in [-0.39, 0.29) is 11.1 Å². The predicted octanol–water partition coefficient (Wildman–Crippen LogP) is 3.71. The number of nitro groups is 1. The lowest BCUT2D eigenvalue weighted by Crippen LogP contribution is -1.89. The minimum atomic E-state index is -0.579. The summed E-state index contributed by atoms with van der Waals surface area (Å²) in [5, 5.41) is 11.9. The summed E-state index contributed by atoms with van der Waals surface area (Å²) in [6, 6.07) is 2.85. The molecule has 0 aliphatic carbocycles. The summed E-state index contributed by atoms with van der Waals surface area (Å²) in [6.45, 7) is 0. The van der Waals surface area contributed by atoms with Crippen molar-refractivity contribution in [3.63, 3.8) is 0 Å². The van der Waals surface area contributed by atoms with Crippen LogP contribution in [0.1, 0.15) is 0 Å². The fourth-order valence-electron chi connectivity index (χ4n) is 1.21. The summed E-state index contributed by atoms with van der Waals surface area (Å²) in [6.07, 6.45) is 0. The van der Waals surface area contributed by atoms with Gasteiger partial charge in [-0.15, -0.1) is 11.3 Å². The highest BCUT2D eigenvalue weighted by molar-refractivity contribution is 9.10. The van der Waals surface area contributed by atoms with Gasteiger partial charge in [-0.1, -0.05) is 0 Å². The van der Waals surface area contributed by atoms with Gasteiger partial charge in [0.15, 0.2) is 0 Å². The normalized spacial score (nSPS) is 10.7. The molecule has 0 aliphatic heterocycles. The van der Waals surface area contributed by atoms with Gasteiger partial charge < -0.3 is 0 Å². The highest BCUT2D eigenvalue weighted by Crippen LogP contribution is 2.37. The van der Waals surface area contributed by atoms with Crippen LogP contribution >= 0.6 is 27.3 Å². The number of non-ortho nitro benzene ring substituents is 1. The van der Waals surface area contributed by atoms with Crippen molar-refractivity contribution in [3.05, 3.63) is 37.9 Å². The maximum absolute atomic E-state index is 13.2. The number of nitro benzene ring substituents is 1. The van der Waals surface area contributed by atoms with E-state index < -0.39 is 10.7 Å². The van der Waals surface area contributed by atoms with Gasteiger partial charge in [0.2, 0.25) is 0 Å². The van der Waals surface area contributed by atoms with Gasteiger partial charge in [0.25, 0.3) is 5.69 Å². The van der Waals surface area contributed by atoms with Crippen LogP contribution in [-0.2, 0) is 0 Å². The molecule has 0 amide bonds. The van der Waals surface area contributed by atoms with E-state index in [0.29, 0.717) is 9.17 Å². The molecule has 0 radical (unpaired) electrons. The first-order valence-electron chi connectivity index (χ1n) is 3.61. The molecule has 0 N–H and O–H groups in total. The molecule has 0 bridgehead atoms. The van der Waals surface area contributed by atoms with E-state index in [0.717, 1.165) is 11.3 Å². The first kappa shape index (κ1) is 9.54. The third-order valence-electron chi connectivity index (χ3n) is 1.80. The quantitative estimate of drug-likeness (QED) is 0.588. The third kappa shape index (κ3) is 1.31. The highest BCUT2D eigenvalue weighted by atomic mass is 79.9. The van der Waals surface area contributed by atoms with Crippen molar-refractivity contribution in [3.8, 4) is 0 Å². The Morgan fingerprint density at radius 1 is 1.50 bits per heavy atom. The van der Waals surface area contributed by atoms with E-state index in [1.54, 1.807) is 6.07 Å². The summed E-state index contributed by atoms with van der Waals surface area (Å²) in [7, 11) is 0. The van der Waals surface area contributed by atoms with Crippen LogP contribution in [0.5, 0.6) is 0 Å². The molecule has 0 saturated carbocycles. The van der Waals surface area contributed by atoms with Crippen molar-refractivity contribution in [1.29, 1.82) is 0 Å². The number of hydrogen-bond acceptors (Lipinski definition) is 3. The van der Waals surface area contributed by atoms with Gasteiger partial charge in [0.1, 0.15) is 11.2 Å². The van der Waals surface area contributed by atoms with E-state index in [1.165, 1.54) is 11.4 Å². The molecule has 2 rings (SSSR count).